The molecule has 0 saturated heterocycles. The number of nitrogens with zero attached hydrogens (tertiary/aromatic N) is 1. The summed E-state index contributed by atoms with van der Waals surface area (Å²) in [4.78, 5) is 26.4. The first-order valence-corrected chi connectivity index (χ1v) is 9.66. The molecular formula is C24H23NO4. The van der Waals surface area contributed by atoms with Crippen molar-refractivity contribution < 1.29 is 19.4 Å². The van der Waals surface area contributed by atoms with Gasteiger partial charge in [-0.25, -0.2) is 0 Å². The number of hydrogen-bond acceptors (Lipinski definition) is 4. The average Bonchev–Trinajstić information content (AvgIpc) is 2.90. The fraction of sp³-hybridized carbons (Fsp3) is 0.250. The van der Waals surface area contributed by atoms with Gasteiger partial charge >= 0.3 is 0 Å². The molecule has 148 valence electrons. The lowest BCUT2D eigenvalue weighted by Gasteiger charge is -2.22. The van der Waals surface area contributed by atoms with Crippen LogP contribution in [0.2, 0.25) is 0 Å². The van der Waals surface area contributed by atoms with Gasteiger partial charge in [0.05, 0.1) is 12.2 Å². The molecule has 4 rings (SSSR count). The lowest BCUT2D eigenvalue weighted by Crippen LogP contribution is -2.43. The number of carbonyl (C=O) groups is 2. The Balaban J connectivity index is 1.59. The minimum Gasteiger partial charge on any atom is -0.491 e. The Labute approximate surface area is 169 Å². The van der Waals surface area contributed by atoms with Crippen LogP contribution in [0, 0.1) is 6.92 Å². The molecule has 0 spiro atoms. The third kappa shape index (κ3) is 3.28. The number of hydrogen-bond donors (Lipinski definition) is 1. The minimum absolute atomic E-state index is 0.233. The third-order valence-electron chi connectivity index (χ3n) is 5.38. The number of ether oxygens (including phenoxy) is 1. The van der Waals surface area contributed by atoms with E-state index in [0.717, 1.165) is 22.1 Å². The van der Waals surface area contributed by atoms with Crippen LogP contribution in [-0.2, 0) is 15.2 Å². The highest BCUT2D eigenvalue weighted by Crippen LogP contribution is 2.44. The summed E-state index contributed by atoms with van der Waals surface area (Å²) in [6.45, 7) is 3.82. The smallest absolute Gasteiger partial charge is 0.264 e. The Hall–Kier alpha value is -3.18. The summed E-state index contributed by atoms with van der Waals surface area (Å²) >= 11 is 0. The van der Waals surface area contributed by atoms with Crippen LogP contribution in [0.1, 0.15) is 24.5 Å². The molecule has 3 aromatic rings. The van der Waals surface area contributed by atoms with E-state index in [2.05, 4.69) is 0 Å². The van der Waals surface area contributed by atoms with Crippen molar-refractivity contribution in [3.05, 3.63) is 71.8 Å². The highest BCUT2D eigenvalue weighted by atomic mass is 16.5. The zero-order chi connectivity index (χ0) is 20.6. The second-order valence-electron chi connectivity index (χ2n) is 7.49. The van der Waals surface area contributed by atoms with Gasteiger partial charge in [0.2, 0.25) is 0 Å². The van der Waals surface area contributed by atoms with Gasteiger partial charge in [-0.3, -0.25) is 9.59 Å². The first-order chi connectivity index (χ1) is 13.9. The van der Waals surface area contributed by atoms with E-state index >= 15 is 0 Å². The van der Waals surface area contributed by atoms with Gasteiger partial charge in [-0.05, 0) is 30.9 Å². The van der Waals surface area contributed by atoms with E-state index in [9.17, 15) is 14.7 Å². The largest absolute Gasteiger partial charge is 0.491 e. The van der Waals surface area contributed by atoms with Crippen LogP contribution in [0.15, 0.2) is 60.7 Å². The van der Waals surface area contributed by atoms with E-state index in [0.29, 0.717) is 11.3 Å². The van der Waals surface area contributed by atoms with Crippen molar-refractivity contribution in [1.29, 1.82) is 0 Å². The van der Waals surface area contributed by atoms with E-state index in [1.54, 1.807) is 17.0 Å². The number of benzene rings is 3. The molecule has 1 heterocycles. The van der Waals surface area contributed by atoms with Crippen LogP contribution in [0.5, 0.6) is 5.75 Å². The molecule has 0 radical (unpaired) electrons. The maximum atomic E-state index is 13.1. The lowest BCUT2D eigenvalue weighted by molar-refractivity contribution is -0.141. The van der Waals surface area contributed by atoms with Crippen molar-refractivity contribution in [3.63, 3.8) is 0 Å². The van der Waals surface area contributed by atoms with Gasteiger partial charge in [-0.15, -0.1) is 0 Å². The lowest BCUT2D eigenvalue weighted by atomic mass is 9.89. The maximum Gasteiger partial charge on any atom is 0.264 e. The molecule has 0 fully saturated rings. The Morgan fingerprint density at radius 2 is 1.79 bits per heavy atom. The zero-order valence-corrected chi connectivity index (χ0v) is 16.5. The molecule has 29 heavy (non-hydrogen) atoms. The SMILES string of the molecule is CC(=O)C[C@@]1(O)C(=O)N(CCOc2cccc3ccccc23)c2c(C)cccc21. The Bertz CT molecular complexity index is 1100. The minimum atomic E-state index is -1.81. The fourth-order valence-corrected chi connectivity index (χ4v) is 4.10. The van der Waals surface area contributed by atoms with Crippen LogP contribution >= 0.6 is 0 Å². The summed E-state index contributed by atoms with van der Waals surface area (Å²) in [5.41, 5.74) is 0.221. The number of ketones is 1. The molecule has 5 nitrogen and oxygen atoms in total. The molecule has 3 aromatic carbocycles. The highest BCUT2D eigenvalue weighted by molar-refractivity contribution is 6.09. The van der Waals surface area contributed by atoms with E-state index in [-0.39, 0.29) is 25.4 Å². The molecule has 0 saturated carbocycles. The molecule has 1 aliphatic heterocycles. The molecule has 0 aliphatic carbocycles. The van der Waals surface area contributed by atoms with Crippen LogP contribution < -0.4 is 9.64 Å². The normalized spacial score (nSPS) is 18.2. The quantitative estimate of drug-likeness (QED) is 0.697. The summed E-state index contributed by atoms with van der Waals surface area (Å²) in [6, 6.07) is 19.2. The van der Waals surface area contributed by atoms with Crippen molar-refractivity contribution in [2.45, 2.75) is 25.9 Å². The number of carbonyl (C=O) groups excluding carboxylic acids is 2. The first-order valence-electron chi connectivity index (χ1n) is 9.66. The predicted molar refractivity (Wildman–Crippen MR) is 112 cm³/mol. The monoisotopic (exact) mass is 389 g/mol. The second kappa shape index (κ2) is 7.33. The van der Waals surface area contributed by atoms with Crippen LogP contribution in [-0.4, -0.2) is 29.9 Å². The molecule has 1 atom stereocenters. The molecule has 1 aliphatic rings. The van der Waals surface area contributed by atoms with Gasteiger partial charge in [0.25, 0.3) is 5.91 Å². The second-order valence-corrected chi connectivity index (χ2v) is 7.49. The summed E-state index contributed by atoms with van der Waals surface area (Å²) in [7, 11) is 0. The molecule has 5 heteroatoms. The zero-order valence-electron chi connectivity index (χ0n) is 16.5. The molecule has 0 aromatic heterocycles. The number of Topliss-reactive ketones (excluding diaryl/α,β-unsaturated/α-hetero) is 1. The van der Waals surface area contributed by atoms with Crippen molar-refractivity contribution in [1.82, 2.24) is 0 Å². The van der Waals surface area contributed by atoms with Crippen LogP contribution in [0.25, 0.3) is 10.8 Å². The number of aryl methyl sites for hydroxylation is 1. The van der Waals surface area contributed by atoms with Gasteiger partial charge in [0.1, 0.15) is 18.1 Å². The molecule has 0 unspecified atom stereocenters. The summed E-state index contributed by atoms with van der Waals surface area (Å²) in [5, 5.41) is 13.2. The Morgan fingerprint density at radius 1 is 1.07 bits per heavy atom. The molecule has 1 amide bonds. The highest BCUT2D eigenvalue weighted by Gasteiger charge is 2.50. The number of fused-ring (bicyclic) bond motifs is 2. The maximum absolute atomic E-state index is 13.1. The molecule has 0 bridgehead atoms. The first kappa shape index (κ1) is 19.2. The van der Waals surface area contributed by atoms with E-state index in [4.69, 9.17) is 4.74 Å². The van der Waals surface area contributed by atoms with Gasteiger partial charge in [0.15, 0.2) is 5.60 Å². The fourth-order valence-electron chi connectivity index (χ4n) is 4.10. The number of anilines is 1. The Morgan fingerprint density at radius 3 is 2.59 bits per heavy atom. The molecular weight excluding hydrogens is 366 g/mol. The van der Waals surface area contributed by atoms with E-state index in [1.807, 2.05) is 55.5 Å². The number of aliphatic hydroxyl groups is 1. The predicted octanol–water partition coefficient (Wildman–Crippen LogP) is 3.74. The summed E-state index contributed by atoms with van der Waals surface area (Å²) in [6.07, 6.45) is -0.233. The number of amides is 1. The summed E-state index contributed by atoms with van der Waals surface area (Å²) in [5.74, 6) is 0.0411. The van der Waals surface area contributed by atoms with Crippen molar-refractivity contribution >= 4 is 28.2 Å². The Kier molecular flexibility index (Phi) is 4.84. The van der Waals surface area contributed by atoms with Gasteiger partial charge < -0.3 is 14.7 Å². The number of rotatable bonds is 6. The topological polar surface area (TPSA) is 66.8 Å². The van der Waals surface area contributed by atoms with E-state index in [1.165, 1.54) is 6.92 Å². The van der Waals surface area contributed by atoms with E-state index < -0.39 is 11.5 Å². The summed E-state index contributed by atoms with van der Waals surface area (Å²) < 4.78 is 5.99. The third-order valence-corrected chi connectivity index (χ3v) is 5.38. The average molecular weight is 389 g/mol. The van der Waals surface area contributed by atoms with Crippen molar-refractivity contribution in [2.75, 3.05) is 18.1 Å². The standard InChI is InChI=1S/C24H23NO4/c1-16-7-5-11-20-22(16)25(23(27)24(20,28)15-17(2)26)13-14-29-21-12-6-9-18-8-3-4-10-19(18)21/h3-12,28H,13-15H2,1-2H3/t24-/m0/s1. The van der Waals surface area contributed by atoms with Crippen LogP contribution in [0.4, 0.5) is 5.69 Å². The van der Waals surface area contributed by atoms with Crippen molar-refractivity contribution in [2.24, 2.45) is 0 Å². The van der Waals surface area contributed by atoms with Gasteiger partial charge in [-0.1, -0.05) is 54.6 Å². The van der Waals surface area contributed by atoms with Crippen molar-refractivity contribution in [3.8, 4) is 5.75 Å². The van der Waals surface area contributed by atoms with Crippen LogP contribution in [0.3, 0.4) is 0 Å². The number of para-hydroxylation sites is 1. The van der Waals surface area contributed by atoms with Gasteiger partial charge in [-0.2, -0.15) is 0 Å². The molecule has 1 N–H and O–H groups in total. The van der Waals surface area contributed by atoms with Gasteiger partial charge in [0, 0.05) is 17.4 Å².